The van der Waals surface area contributed by atoms with Gasteiger partial charge in [-0.05, 0) is 30.2 Å². The van der Waals surface area contributed by atoms with E-state index in [4.69, 9.17) is 0 Å². The number of rotatable bonds is 3. The second-order valence-corrected chi connectivity index (χ2v) is 7.26. The van der Waals surface area contributed by atoms with Gasteiger partial charge in [-0.3, -0.25) is 0 Å². The van der Waals surface area contributed by atoms with Crippen LogP contribution >= 0.6 is 11.8 Å². The molecule has 3 rings (SSSR count). The molecule has 0 saturated carbocycles. The number of halogens is 2. The number of nitrogens with one attached hydrogen (secondary N) is 1. The smallest absolute Gasteiger partial charge is 0.317 e. The summed E-state index contributed by atoms with van der Waals surface area (Å²) in [7, 11) is 0. The van der Waals surface area contributed by atoms with Crippen LogP contribution in [0.5, 0.6) is 0 Å². The van der Waals surface area contributed by atoms with E-state index >= 15 is 0 Å². The van der Waals surface area contributed by atoms with Crippen LogP contribution in [0.1, 0.15) is 22.8 Å². The van der Waals surface area contributed by atoms with Gasteiger partial charge in [0.1, 0.15) is 11.6 Å². The molecular weight excluding hydrogens is 342 g/mol. The monoisotopic (exact) mass is 362 g/mol. The molecule has 1 N–H and O–H groups in total. The van der Waals surface area contributed by atoms with Crippen LogP contribution in [0.15, 0.2) is 48.5 Å². The molecule has 0 bridgehead atoms. The number of hydrogen-bond donors (Lipinski definition) is 1. The number of thioether (sulfide) groups is 1. The van der Waals surface area contributed by atoms with E-state index in [9.17, 15) is 13.6 Å². The third-order valence-corrected chi connectivity index (χ3v) is 5.53. The van der Waals surface area contributed by atoms with Crippen molar-refractivity contribution in [3.63, 3.8) is 0 Å². The largest absolute Gasteiger partial charge is 0.334 e. The van der Waals surface area contributed by atoms with Crippen molar-refractivity contribution in [1.29, 1.82) is 0 Å². The minimum Gasteiger partial charge on any atom is -0.334 e. The Kier molecular flexibility index (Phi) is 5.91. The summed E-state index contributed by atoms with van der Waals surface area (Å²) in [6, 6.07) is 13.2. The van der Waals surface area contributed by atoms with Gasteiger partial charge >= 0.3 is 6.03 Å². The van der Waals surface area contributed by atoms with Crippen LogP contribution < -0.4 is 5.32 Å². The van der Waals surface area contributed by atoms with Crippen molar-refractivity contribution in [3.05, 3.63) is 71.3 Å². The fraction of sp³-hybridized carbons (Fsp3) is 0.316. The van der Waals surface area contributed by atoms with E-state index < -0.39 is 5.82 Å². The number of carbonyl (C=O) groups excluding carboxylic acids is 1. The summed E-state index contributed by atoms with van der Waals surface area (Å²) in [6.45, 7) is 1.60. The summed E-state index contributed by atoms with van der Waals surface area (Å²) >= 11 is 1.57. The van der Waals surface area contributed by atoms with E-state index in [1.807, 2.05) is 30.3 Å². The van der Waals surface area contributed by atoms with Crippen LogP contribution in [0.3, 0.4) is 0 Å². The normalized spacial score (nSPS) is 17.8. The van der Waals surface area contributed by atoms with Crippen LogP contribution in [0.25, 0.3) is 0 Å². The molecular formula is C19H20F2N2OS. The van der Waals surface area contributed by atoms with Crippen molar-refractivity contribution >= 4 is 17.8 Å². The number of nitrogens with zero attached hydrogens (tertiary/aromatic N) is 1. The maximum atomic E-state index is 14.0. The molecule has 6 heteroatoms. The highest BCUT2D eigenvalue weighted by Crippen LogP contribution is 2.36. The minimum atomic E-state index is -0.432. The van der Waals surface area contributed by atoms with Crippen LogP contribution in [0.4, 0.5) is 13.6 Å². The van der Waals surface area contributed by atoms with Gasteiger partial charge < -0.3 is 10.2 Å². The molecule has 0 spiro atoms. The Balaban J connectivity index is 1.57. The van der Waals surface area contributed by atoms with E-state index in [2.05, 4.69) is 5.32 Å². The summed E-state index contributed by atoms with van der Waals surface area (Å²) in [5.41, 5.74) is 1.43. The Morgan fingerprint density at radius 1 is 1.16 bits per heavy atom. The highest BCUT2D eigenvalue weighted by molar-refractivity contribution is 7.99. The average molecular weight is 362 g/mol. The maximum absolute atomic E-state index is 14.0. The van der Waals surface area contributed by atoms with Gasteiger partial charge in [0.2, 0.25) is 0 Å². The molecule has 132 valence electrons. The van der Waals surface area contributed by atoms with Crippen molar-refractivity contribution in [2.24, 2.45) is 0 Å². The maximum Gasteiger partial charge on any atom is 0.317 e. The third kappa shape index (κ3) is 4.72. The van der Waals surface area contributed by atoms with Crippen LogP contribution in [-0.4, -0.2) is 29.8 Å². The van der Waals surface area contributed by atoms with Crippen LogP contribution in [-0.2, 0) is 6.54 Å². The van der Waals surface area contributed by atoms with Crippen molar-refractivity contribution in [2.45, 2.75) is 18.2 Å². The summed E-state index contributed by atoms with van der Waals surface area (Å²) in [4.78, 5) is 14.1. The zero-order valence-corrected chi connectivity index (χ0v) is 14.6. The first-order valence-electron chi connectivity index (χ1n) is 8.27. The number of carbonyl (C=O) groups is 1. The molecule has 1 aliphatic rings. The molecule has 2 aromatic carbocycles. The molecule has 0 aliphatic carbocycles. The lowest BCUT2D eigenvalue weighted by molar-refractivity contribution is 0.200. The topological polar surface area (TPSA) is 32.3 Å². The first-order chi connectivity index (χ1) is 12.1. The highest BCUT2D eigenvalue weighted by atomic mass is 32.2. The fourth-order valence-electron chi connectivity index (χ4n) is 2.87. The lowest BCUT2D eigenvalue weighted by Gasteiger charge is -2.21. The van der Waals surface area contributed by atoms with E-state index in [0.717, 1.165) is 11.6 Å². The second-order valence-electron chi connectivity index (χ2n) is 5.95. The molecule has 1 atom stereocenters. The van der Waals surface area contributed by atoms with Gasteiger partial charge in [-0.25, -0.2) is 13.6 Å². The molecule has 2 amide bonds. The SMILES string of the molecule is O=C(NCc1ccccc1)N1CCSC(c2cc(F)ccc2F)CC1. The number of amides is 2. The van der Waals surface area contributed by atoms with Crippen molar-refractivity contribution < 1.29 is 13.6 Å². The first kappa shape index (κ1) is 17.7. The van der Waals surface area contributed by atoms with Gasteiger partial charge in [-0.2, -0.15) is 11.8 Å². The van der Waals surface area contributed by atoms with Gasteiger partial charge in [-0.1, -0.05) is 30.3 Å². The molecule has 1 heterocycles. The lowest BCUT2D eigenvalue weighted by Crippen LogP contribution is -2.40. The van der Waals surface area contributed by atoms with Gasteiger partial charge in [0.25, 0.3) is 0 Å². The second kappa shape index (κ2) is 8.34. The molecule has 1 saturated heterocycles. The van der Waals surface area contributed by atoms with Gasteiger partial charge in [0, 0.05) is 36.2 Å². The van der Waals surface area contributed by atoms with Gasteiger partial charge in [0.05, 0.1) is 0 Å². The Morgan fingerprint density at radius 3 is 2.76 bits per heavy atom. The average Bonchev–Trinajstić information content (AvgIpc) is 2.89. The van der Waals surface area contributed by atoms with Crippen molar-refractivity contribution in [2.75, 3.05) is 18.8 Å². The minimum absolute atomic E-state index is 0.121. The number of hydrogen-bond acceptors (Lipinski definition) is 2. The molecule has 1 aliphatic heterocycles. The first-order valence-corrected chi connectivity index (χ1v) is 9.31. The third-order valence-electron chi connectivity index (χ3n) is 4.22. The van der Waals surface area contributed by atoms with E-state index in [1.165, 1.54) is 12.1 Å². The van der Waals surface area contributed by atoms with Gasteiger partial charge in [0.15, 0.2) is 0 Å². The predicted octanol–water partition coefficient (Wildman–Crippen LogP) is 4.35. The Morgan fingerprint density at radius 2 is 1.96 bits per heavy atom. The van der Waals surface area contributed by atoms with E-state index in [1.54, 1.807) is 16.7 Å². The predicted molar refractivity (Wildman–Crippen MR) is 96.4 cm³/mol. The quantitative estimate of drug-likeness (QED) is 0.880. The summed E-state index contributed by atoms with van der Waals surface area (Å²) < 4.78 is 27.4. The van der Waals surface area contributed by atoms with E-state index in [-0.39, 0.29) is 17.1 Å². The molecule has 0 aromatic heterocycles. The lowest BCUT2D eigenvalue weighted by atomic mass is 10.1. The van der Waals surface area contributed by atoms with Gasteiger partial charge in [-0.15, -0.1) is 0 Å². The molecule has 2 aromatic rings. The molecule has 1 fully saturated rings. The Labute approximate surface area is 150 Å². The fourth-order valence-corrected chi connectivity index (χ4v) is 4.11. The Hall–Kier alpha value is -2.08. The Bertz CT molecular complexity index is 727. The zero-order chi connectivity index (χ0) is 17.6. The summed E-state index contributed by atoms with van der Waals surface area (Å²) in [5.74, 6) is -0.126. The molecule has 25 heavy (non-hydrogen) atoms. The highest BCUT2D eigenvalue weighted by Gasteiger charge is 2.24. The zero-order valence-electron chi connectivity index (χ0n) is 13.8. The number of benzene rings is 2. The molecule has 1 unspecified atom stereocenters. The van der Waals surface area contributed by atoms with Crippen molar-refractivity contribution in [3.8, 4) is 0 Å². The molecule has 3 nitrogen and oxygen atoms in total. The summed E-state index contributed by atoms with van der Waals surface area (Å²) in [6.07, 6.45) is 0.601. The van der Waals surface area contributed by atoms with Crippen LogP contribution in [0.2, 0.25) is 0 Å². The number of urea groups is 1. The van der Waals surface area contributed by atoms with E-state index in [0.29, 0.717) is 37.4 Å². The van der Waals surface area contributed by atoms with Crippen LogP contribution in [0, 0.1) is 11.6 Å². The standard InChI is InChI=1S/C19H20F2N2OS/c20-15-6-7-17(21)16(12-15)18-8-9-23(10-11-25-18)19(24)22-13-14-4-2-1-3-5-14/h1-7,12,18H,8-11,13H2,(H,22,24). The molecule has 0 radical (unpaired) electrons. The van der Waals surface area contributed by atoms with Crippen molar-refractivity contribution in [1.82, 2.24) is 10.2 Å². The summed E-state index contributed by atoms with van der Waals surface area (Å²) in [5, 5.41) is 2.78.